The first-order chi connectivity index (χ1) is 17.7. The van der Waals surface area contributed by atoms with Gasteiger partial charge in [0.1, 0.15) is 5.56 Å². The molecule has 4 rings (SSSR count). The fourth-order valence-electron chi connectivity index (χ4n) is 4.67. The van der Waals surface area contributed by atoms with Crippen molar-refractivity contribution in [2.45, 2.75) is 38.5 Å². The van der Waals surface area contributed by atoms with E-state index in [9.17, 15) is 22.8 Å². The third kappa shape index (κ3) is 5.24. The van der Waals surface area contributed by atoms with Gasteiger partial charge in [0.05, 0.1) is 23.1 Å². The number of hydrogen-bond donors (Lipinski definition) is 1. The first-order valence-electron chi connectivity index (χ1n) is 12.4. The monoisotopic (exact) mass is 525 g/mol. The number of nitrogens with zero attached hydrogens (tertiary/aromatic N) is 2. The van der Waals surface area contributed by atoms with Gasteiger partial charge in [0.2, 0.25) is 5.43 Å². The summed E-state index contributed by atoms with van der Waals surface area (Å²) in [6, 6.07) is 11.5. The van der Waals surface area contributed by atoms with Crippen LogP contribution < -0.4 is 9.73 Å². The number of fused-ring (bicyclic) bond motifs is 1. The number of pyridine rings is 1. The Morgan fingerprint density at radius 1 is 1.11 bits per heavy atom. The van der Waals surface area contributed by atoms with E-state index < -0.39 is 21.4 Å². The average molecular weight is 526 g/mol. The topological polar surface area (TPSA) is 117 Å². The highest BCUT2D eigenvalue weighted by atomic mass is 32.2. The Balaban J connectivity index is 1.64. The number of ether oxygens (including phenoxy) is 1. The molecular weight excluding hydrogens is 494 g/mol. The minimum absolute atomic E-state index is 0.0336. The highest BCUT2D eigenvalue weighted by Gasteiger charge is 2.30. The van der Waals surface area contributed by atoms with E-state index >= 15 is 0 Å². The molecule has 2 aromatic carbocycles. The van der Waals surface area contributed by atoms with E-state index in [4.69, 9.17) is 4.74 Å². The van der Waals surface area contributed by atoms with Crippen molar-refractivity contribution in [2.24, 2.45) is 5.92 Å². The molecule has 1 aliphatic heterocycles. The third-order valence-electron chi connectivity index (χ3n) is 6.65. The van der Waals surface area contributed by atoms with Crippen molar-refractivity contribution in [2.75, 3.05) is 30.5 Å². The number of nitrogens with one attached hydrogen (secondary N) is 1. The van der Waals surface area contributed by atoms with E-state index in [0.717, 1.165) is 5.56 Å². The quantitative estimate of drug-likeness (QED) is 0.472. The SMILES string of the molecule is CCOC(=O)C1CCN(C(=O)c2c[nH]c3ccc(S(=O)(=O)N(CC)c4cccc(C)c4)cc3c2=O)CC1. The number of likely N-dealkylation sites (tertiary alicyclic amines) is 1. The lowest BCUT2D eigenvalue weighted by molar-refractivity contribution is -0.149. The number of carbonyl (C=O) groups excluding carboxylic acids is 2. The number of H-pyrrole nitrogens is 1. The number of piperidine rings is 1. The molecule has 0 spiro atoms. The van der Waals surface area contributed by atoms with Crippen LogP contribution in [0.4, 0.5) is 5.69 Å². The maximum absolute atomic E-state index is 13.5. The van der Waals surface area contributed by atoms with Crippen LogP contribution in [0.3, 0.4) is 0 Å². The fraction of sp³-hybridized carbons (Fsp3) is 0.370. The van der Waals surface area contributed by atoms with Gasteiger partial charge in [-0.05, 0) is 69.5 Å². The van der Waals surface area contributed by atoms with Crippen LogP contribution in [0.5, 0.6) is 0 Å². The molecule has 10 heteroatoms. The fourth-order valence-corrected chi connectivity index (χ4v) is 6.16. The zero-order valence-corrected chi connectivity index (χ0v) is 22.0. The van der Waals surface area contributed by atoms with E-state index in [2.05, 4.69) is 4.98 Å². The first-order valence-corrected chi connectivity index (χ1v) is 13.8. The van der Waals surface area contributed by atoms with Gasteiger partial charge < -0.3 is 14.6 Å². The van der Waals surface area contributed by atoms with Crippen LogP contribution in [-0.4, -0.2) is 56.4 Å². The Labute approximate surface area is 216 Å². The van der Waals surface area contributed by atoms with E-state index in [1.54, 1.807) is 36.9 Å². The average Bonchev–Trinajstić information content (AvgIpc) is 2.89. The number of aromatic nitrogens is 1. The van der Waals surface area contributed by atoms with Gasteiger partial charge in [0.15, 0.2) is 0 Å². The number of hydrogen-bond acceptors (Lipinski definition) is 6. The molecule has 0 unspecified atom stereocenters. The van der Waals surface area contributed by atoms with E-state index in [-0.39, 0.29) is 34.3 Å². The summed E-state index contributed by atoms with van der Waals surface area (Å²) in [6.45, 7) is 6.56. The molecule has 3 aromatic rings. The zero-order chi connectivity index (χ0) is 26.7. The molecule has 1 N–H and O–H groups in total. The molecule has 0 bridgehead atoms. The highest BCUT2D eigenvalue weighted by molar-refractivity contribution is 7.92. The maximum atomic E-state index is 13.5. The molecule has 1 fully saturated rings. The number of sulfonamides is 1. The summed E-state index contributed by atoms with van der Waals surface area (Å²) in [5.41, 5.74) is 1.28. The van der Waals surface area contributed by atoms with Gasteiger partial charge in [-0.3, -0.25) is 18.7 Å². The summed E-state index contributed by atoms with van der Waals surface area (Å²) >= 11 is 0. The Bertz CT molecular complexity index is 1490. The van der Waals surface area contributed by atoms with Crippen molar-refractivity contribution in [1.82, 2.24) is 9.88 Å². The van der Waals surface area contributed by atoms with Crippen molar-refractivity contribution >= 4 is 38.5 Å². The molecule has 1 aromatic heterocycles. The second-order valence-electron chi connectivity index (χ2n) is 9.07. The first kappa shape index (κ1) is 26.4. The van der Waals surface area contributed by atoms with Crippen LogP contribution in [0.15, 0.2) is 58.4 Å². The number of rotatable bonds is 7. The summed E-state index contributed by atoms with van der Waals surface area (Å²) < 4.78 is 33.4. The van der Waals surface area contributed by atoms with Crippen molar-refractivity contribution < 1.29 is 22.7 Å². The van der Waals surface area contributed by atoms with Crippen LogP contribution in [-0.2, 0) is 19.6 Å². The molecule has 196 valence electrons. The number of aromatic amines is 1. The van der Waals surface area contributed by atoms with Gasteiger partial charge in [0, 0.05) is 36.7 Å². The van der Waals surface area contributed by atoms with E-state index in [1.807, 2.05) is 13.0 Å². The van der Waals surface area contributed by atoms with Gasteiger partial charge >= 0.3 is 5.97 Å². The summed E-state index contributed by atoms with van der Waals surface area (Å²) in [5, 5.41) is 0.119. The van der Waals surface area contributed by atoms with Crippen molar-refractivity contribution in [3.05, 3.63) is 70.0 Å². The third-order valence-corrected chi connectivity index (χ3v) is 8.55. The number of benzene rings is 2. The Hall–Kier alpha value is -3.66. The number of anilines is 1. The molecule has 37 heavy (non-hydrogen) atoms. The molecule has 9 nitrogen and oxygen atoms in total. The number of carbonyl (C=O) groups is 2. The second-order valence-corrected chi connectivity index (χ2v) is 10.9. The zero-order valence-electron chi connectivity index (χ0n) is 21.2. The molecule has 1 aliphatic rings. The summed E-state index contributed by atoms with van der Waals surface area (Å²) in [6.07, 6.45) is 2.29. The van der Waals surface area contributed by atoms with Crippen molar-refractivity contribution in [3.8, 4) is 0 Å². The van der Waals surface area contributed by atoms with Crippen LogP contribution in [0.1, 0.15) is 42.6 Å². The molecule has 0 aliphatic carbocycles. The van der Waals surface area contributed by atoms with Gasteiger partial charge in [-0.25, -0.2) is 8.42 Å². The van der Waals surface area contributed by atoms with Gasteiger partial charge in [0.25, 0.3) is 15.9 Å². The lowest BCUT2D eigenvalue weighted by atomic mass is 9.96. The Kier molecular flexibility index (Phi) is 7.68. The van der Waals surface area contributed by atoms with Gasteiger partial charge in [-0.15, -0.1) is 0 Å². The smallest absolute Gasteiger partial charge is 0.309 e. The van der Waals surface area contributed by atoms with E-state index in [0.29, 0.717) is 43.7 Å². The summed E-state index contributed by atoms with van der Waals surface area (Å²) in [5.74, 6) is -0.978. The van der Waals surface area contributed by atoms with Crippen LogP contribution in [0.25, 0.3) is 10.9 Å². The van der Waals surface area contributed by atoms with Crippen molar-refractivity contribution in [3.63, 3.8) is 0 Å². The number of esters is 1. The molecule has 0 saturated carbocycles. The molecule has 1 saturated heterocycles. The van der Waals surface area contributed by atoms with Crippen LogP contribution >= 0.6 is 0 Å². The largest absolute Gasteiger partial charge is 0.466 e. The number of amides is 1. The summed E-state index contributed by atoms with van der Waals surface area (Å²) in [4.78, 5) is 43.0. The predicted octanol–water partition coefficient (Wildman–Crippen LogP) is 3.47. The predicted molar refractivity (Wildman–Crippen MR) is 141 cm³/mol. The summed E-state index contributed by atoms with van der Waals surface area (Å²) in [7, 11) is -3.96. The maximum Gasteiger partial charge on any atom is 0.309 e. The number of aryl methyl sites for hydroxylation is 1. The van der Waals surface area contributed by atoms with Crippen LogP contribution in [0.2, 0.25) is 0 Å². The minimum atomic E-state index is -3.96. The van der Waals surface area contributed by atoms with Crippen LogP contribution in [0, 0.1) is 12.8 Å². The van der Waals surface area contributed by atoms with Crippen molar-refractivity contribution in [1.29, 1.82) is 0 Å². The molecular formula is C27H31N3O6S. The lowest BCUT2D eigenvalue weighted by Crippen LogP contribution is -2.42. The minimum Gasteiger partial charge on any atom is -0.466 e. The normalized spacial score (nSPS) is 14.5. The lowest BCUT2D eigenvalue weighted by Gasteiger charge is -2.30. The van der Waals surface area contributed by atoms with Gasteiger partial charge in [-0.2, -0.15) is 0 Å². The molecule has 0 atom stereocenters. The van der Waals surface area contributed by atoms with E-state index in [1.165, 1.54) is 28.7 Å². The molecule has 2 heterocycles. The Morgan fingerprint density at radius 3 is 2.49 bits per heavy atom. The molecule has 0 radical (unpaired) electrons. The van der Waals surface area contributed by atoms with Gasteiger partial charge in [-0.1, -0.05) is 12.1 Å². The molecule has 1 amide bonds. The Morgan fingerprint density at radius 2 is 1.84 bits per heavy atom. The standard InChI is InChI=1S/C27H31N3O6S/c1-4-30(20-8-6-7-18(3)15-20)37(34,35)21-9-10-24-22(16-21)25(31)23(17-28-24)26(32)29-13-11-19(12-14-29)27(33)36-5-2/h6-10,15-17,19H,4-5,11-14H2,1-3H3,(H,28,31). The second kappa shape index (κ2) is 10.8. The highest BCUT2D eigenvalue weighted by Crippen LogP contribution is 2.26.